The number of thiophene rings is 1. The zero-order chi connectivity index (χ0) is 18.2. The molecule has 5 rings (SSSR count). The molecule has 5 aromatic rings. The number of benzene rings is 2. The quantitative estimate of drug-likeness (QED) is 0.392. The molecule has 0 aliphatic heterocycles. The van der Waals surface area contributed by atoms with E-state index in [4.69, 9.17) is 9.40 Å². The Morgan fingerprint density at radius 2 is 1.67 bits per heavy atom. The summed E-state index contributed by atoms with van der Waals surface area (Å²) in [5.74, 6) is 1.02. The Kier molecular flexibility index (Phi) is 3.80. The molecule has 0 atom stereocenters. The van der Waals surface area contributed by atoms with Crippen LogP contribution in [0.3, 0.4) is 0 Å². The summed E-state index contributed by atoms with van der Waals surface area (Å²) >= 11 is 1.66. The molecule has 3 heterocycles. The van der Waals surface area contributed by atoms with Gasteiger partial charge in [-0.15, -0.1) is 21.5 Å². The predicted octanol–water partition coefficient (Wildman–Crippen LogP) is 5.99. The molecule has 0 fully saturated rings. The smallest absolute Gasteiger partial charge is 0.248 e. The second-order valence-electron chi connectivity index (χ2n) is 6.33. The summed E-state index contributed by atoms with van der Waals surface area (Å²) in [5.41, 5.74) is 4.83. The average Bonchev–Trinajstić information content (AvgIpc) is 3.40. The highest BCUT2D eigenvalue weighted by Gasteiger charge is 2.16. The van der Waals surface area contributed by atoms with Crippen molar-refractivity contribution in [3.05, 3.63) is 77.7 Å². The van der Waals surface area contributed by atoms with Gasteiger partial charge < -0.3 is 4.42 Å². The third kappa shape index (κ3) is 2.92. The Balaban J connectivity index is 1.67. The van der Waals surface area contributed by atoms with Gasteiger partial charge in [-0.2, -0.15) is 0 Å². The molecule has 0 aliphatic carbocycles. The number of hydrogen-bond donors (Lipinski definition) is 0. The van der Waals surface area contributed by atoms with Gasteiger partial charge in [-0.1, -0.05) is 42.0 Å². The van der Waals surface area contributed by atoms with Gasteiger partial charge in [0.1, 0.15) is 0 Å². The fourth-order valence-corrected chi connectivity index (χ4v) is 3.73. The van der Waals surface area contributed by atoms with Gasteiger partial charge in [0.2, 0.25) is 11.8 Å². The van der Waals surface area contributed by atoms with Crippen LogP contribution in [-0.4, -0.2) is 15.2 Å². The Labute approximate surface area is 160 Å². The maximum Gasteiger partial charge on any atom is 0.248 e. The van der Waals surface area contributed by atoms with E-state index in [9.17, 15) is 0 Å². The third-order valence-corrected chi connectivity index (χ3v) is 5.34. The lowest BCUT2D eigenvalue weighted by Crippen LogP contribution is -1.88. The molecule has 0 saturated heterocycles. The second kappa shape index (κ2) is 6.45. The topological polar surface area (TPSA) is 51.8 Å². The fraction of sp³-hybridized carbons (Fsp3) is 0.0455. The number of aryl methyl sites for hydroxylation is 1. The molecule has 0 spiro atoms. The molecule has 0 amide bonds. The molecule has 5 heteroatoms. The first-order chi connectivity index (χ1) is 13.3. The summed E-state index contributed by atoms with van der Waals surface area (Å²) in [6.07, 6.45) is 0. The maximum absolute atomic E-state index is 6.03. The molecule has 130 valence electrons. The summed E-state index contributed by atoms with van der Waals surface area (Å²) in [7, 11) is 0. The highest BCUT2D eigenvalue weighted by molar-refractivity contribution is 7.13. The van der Waals surface area contributed by atoms with Crippen LogP contribution < -0.4 is 0 Å². The number of pyridine rings is 1. The lowest BCUT2D eigenvalue weighted by molar-refractivity contribution is 0.585. The highest BCUT2D eigenvalue weighted by Crippen LogP contribution is 2.34. The van der Waals surface area contributed by atoms with E-state index in [2.05, 4.69) is 23.2 Å². The number of fused-ring (bicyclic) bond motifs is 1. The van der Waals surface area contributed by atoms with Crippen LogP contribution in [0.4, 0.5) is 0 Å². The zero-order valence-electron chi connectivity index (χ0n) is 14.6. The van der Waals surface area contributed by atoms with Crippen LogP contribution in [0.5, 0.6) is 0 Å². The Morgan fingerprint density at radius 3 is 2.48 bits per heavy atom. The lowest BCUT2D eigenvalue weighted by atomic mass is 10.1. The first-order valence-corrected chi connectivity index (χ1v) is 9.50. The summed E-state index contributed by atoms with van der Waals surface area (Å²) in [6.45, 7) is 2.05. The number of aromatic nitrogens is 3. The predicted molar refractivity (Wildman–Crippen MR) is 109 cm³/mol. The van der Waals surface area contributed by atoms with Crippen molar-refractivity contribution in [2.24, 2.45) is 0 Å². The van der Waals surface area contributed by atoms with Crippen molar-refractivity contribution in [2.75, 3.05) is 0 Å². The standard InChI is InChI=1S/C22H15N3OS/c1-14-8-10-15(11-9-14)21-24-25-22(26-21)17-13-19(20-7-4-12-27-20)23-18-6-3-2-5-16(17)18/h2-13H,1H3. The number of nitrogens with zero attached hydrogens (tertiary/aromatic N) is 3. The van der Waals surface area contributed by atoms with Crippen LogP contribution in [-0.2, 0) is 0 Å². The van der Waals surface area contributed by atoms with Gasteiger partial charge in [0, 0.05) is 10.9 Å². The van der Waals surface area contributed by atoms with Gasteiger partial charge in [-0.3, -0.25) is 0 Å². The maximum atomic E-state index is 6.03. The highest BCUT2D eigenvalue weighted by atomic mass is 32.1. The summed E-state index contributed by atoms with van der Waals surface area (Å²) < 4.78 is 6.03. The largest absolute Gasteiger partial charge is 0.416 e. The van der Waals surface area contributed by atoms with E-state index >= 15 is 0 Å². The van der Waals surface area contributed by atoms with E-state index in [1.54, 1.807) is 11.3 Å². The van der Waals surface area contributed by atoms with E-state index in [0.717, 1.165) is 32.6 Å². The molecule has 3 aromatic heterocycles. The van der Waals surface area contributed by atoms with Crippen molar-refractivity contribution in [1.29, 1.82) is 0 Å². The van der Waals surface area contributed by atoms with E-state index < -0.39 is 0 Å². The van der Waals surface area contributed by atoms with Crippen molar-refractivity contribution < 1.29 is 4.42 Å². The molecular formula is C22H15N3OS. The van der Waals surface area contributed by atoms with Crippen LogP contribution in [0, 0.1) is 6.92 Å². The second-order valence-corrected chi connectivity index (χ2v) is 7.28. The first-order valence-electron chi connectivity index (χ1n) is 8.62. The van der Waals surface area contributed by atoms with Gasteiger partial charge in [0.15, 0.2) is 0 Å². The van der Waals surface area contributed by atoms with Gasteiger partial charge in [-0.25, -0.2) is 4.98 Å². The van der Waals surface area contributed by atoms with Crippen molar-refractivity contribution in [3.63, 3.8) is 0 Å². The first kappa shape index (κ1) is 15.9. The summed E-state index contributed by atoms with van der Waals surface area (Å²) in [4.78, 5) is 5.91. The SMILES string of the molecule is Cc1ccc(-c2nnc(-c3cc(-c4cccs4)nc4ccccc34)o2)cc1. The van der Waals surface area contributed by atoms with E-state index in [0.29, 0.717) is 11.8 Å². The fourth-order valence-electron chi connectivity index (χ4n) is 3.05. The molecule has 0 bridgehead atoms. The van der Waals surface area contributed by atoms with Gasteiger partial charge in [-0.05, 0) is 42.6 Å². The third-order valence-electron chi connectivity index (χ3n) is 4.44. The van der Waals surface area contributed by atoms with Crippen LogP contribution in [0.15, 0.2) is 76.5 Å². The van der Waals surface area contributed by atoms with Gasteiger partial charge >= 0.3 is 0 Å². The van der Waals surface area contributed by atoms with Gasteiger partial charge in [0.05, 0.1) is 21.7 Å². The Morgan fingerprint density at radius 1 is 0.852 bits per heavy atom. The van der Waals surface area contributed by atoms with Crippen LogP contribution >= 0.6 is 11.3 Å². The minimum Gasteiger partial charge on any atom is -0.416 e. The minimum atomic E-state index is 0.502. The van der Waals surface area contributed by atoms with Crippen molar-refractivity contribution >= 4 is 22.2 Å². The summed E-state index contributed by atoms with van der Waals surface area (Å²) in [5, 5.41) is 11.6. The molecular weight excluding hydrogens is 354 g/mol. The molecule has 0 radical (unpaired) electrons. The number of rotatable bonds is 3. The van der Waals surface area contributed by atoms with E-state index in [1.165, 1.54) is 5.56 Å². The van der Waals surface area contributed by atoms with E-state index in [-0.39, 0.29) is 0 Å². The van der Waals surface area contributed by atoms with E-state index in [1.807, 2.05) is 66.0 Å². The molecule has 4 nitrogen and oxygen atoms in total. The molecule has 0 unspecified atom stereocenters. The lowest BCUT2D eigenvalue weighted by Gasteiger charge is -2.06. The normalized spacial score (nSPS) is 11.1. The zero-order valence-corrected chi connectivity index (χ0v) is 15.4. The van der Waals surface area contributed by atoms with Crippen LogP contribution in [0.2, 0.25) is 0 Å². The monoisotopic (exact) mass is 369 g/mol. The number of hydrogen-bond acceptors (Lipinski definition) is 5. The Bertz CT molecular complexity index is 1220. The number of para-hydroxylation sites is 1. The van der Waals surface area contributed by atoms with Gasteiger partial charge in [0.25, 0.3) is 0 Å². The van der Waals surface area contributed by atoms with Crippen LogP contribution in [0.25, 0.3) is 44.4 Å². The van der Waals surface area contributed by atoms with Crippen molar-refractivity contribution in [1.82, 2.24) is 15.2 Å². The minimum absolute atomic E-state index is 0.502. The molecule has 2 aromatic carbocycles. The molecule has 0 aliphatic rings. The molecule has 0 saturated carbocycles. The van der Waals surface area contributed by atoms with Crippen molar-refractivity contribution in [2.45, 2.75) is 6.92 Å². The molecule has 27 heavy (non-hydrogen) atoms. The Hall–Kier alpha value is -3.31. The average molecular weight is 369 g/mol. The summed E-state index contributed by atoms with van der Waals surface area (Å²) in [6, 6.07) is 22.2. The molecule has 0 N–H and O–H groups in total. The van der Waals surface area contributed by atoms with Crippen molar-refractivity contribution in [3.8, 4) is 33.5 Å². The van der Waals surface area contributed by atoms with Crippen LogP contribution in [0.1, 0.15) is 5.56 Å².